The number of hydrogen-bond donors (Lipinski definition) is 1. The summed E-state index contributed by atoms with van der Waals surface area (Å²) in [5.41, 5.74) is 8.03. The summed E-state index contributed by atoms with van der Waals surface area (Å²) in [6, 6.07) is 9.36. The fourth-order valence-corrected chi connectivity index (χ4v) is 7.54. The van der Waals surface area contributed by atoms with E-state index in [-0.39, 0.29) is 5.25 Å². The highest BCUT2D eigenvalue weighted by molar-refractivity contribution is 7.93. The monoisotopic (exact) mass is 442 g/mol. The van der Waals surface area contributed by atoms with Crippen LogP contribution in [-0.4, -0.2) is 49.9 Å². The van der Waals surface area contributed by atoms with Crippen molar-refractivity contribution in [1.82, 2.24) is 9.97 Å². The number of hydrogen-bond acceptors (Lipinski definition) is 7. The molecular weight excluding hydrogens is 412 g/mol. The summed E-state index contributed by atoms with van der Waals surface area (Å²) < 4.78 is 32.1. The number of benzene rings is 1. The first-order valence-corrected chi connectivity index (χ1v) is 12.9. The van der Waals surface area contributed by atoms with Gasteiger partial charge in [0, 0.05) is 30.4 Å². The molecule has 1 aliphatic heterocycles. The minimum atomic E-state index is -3.31. The van der Waals surface area contributed by atoms with Gasteiger partial charge in [0.1, 0.15) is 10.6 Å². The van der Waals surface area contributed by atoms with E-state index < -0.39 is 14.6 Å². The van der Waals surface area contributed by atoms with Crippen LogP contribution >= 0.6 is 0 Å². The molecule has 0 bridgehead atoms. The second-order valence-electron chi connectivity index (χ2n) is 8.96. The molecule has 2 N–H and O–H groups in total. The average Bonchev–Trinajstić information content (AvgIpc) is 3.63. The van der Waals surface area contributed by atoms with Gasteiger partial charge in [0.15, 0.2) is 15.7 Å². The molecule has 3 fully saturated rings. The third-order valence-electron chi connectivity index (χ3n) is 6.92. The second kappa shape index (κ2) is 8.06. The fraction of sp³-hybridized carbons (Fsp3) is 0.565. The Kier molecular flexibility index (Phi) is 5.38. The van der Waals surface area contributed by atoms with Gasteiger partial charge in [-0.3, -0.25) is 0 Å². The molecule has 1 saturated heterocycles. The van der Waals surface area contributed by atoms with Crippen molar-refractivity contribution in [2.75, 3.05) is 36.9 Å². The van der Waals surface area contributed by atoms with Crippen LogP contribution in [0.1, 0.15) is 50.6 Å². The lowest BCUT2D eigenvalue weighted by Gasteiger charge is -2.30. The Balaban J connectivity index is 1.58. The predicted octanol–water partition coefficient (Wildman–Crippen LogP) is 3.30. The van der Waals surface area contributed by atoms with E-state index in [0.717, 1.165) is 56.6 Å². The largest absolute Gasteiger partial charge is 0.399 e. The molecule has 1 aromatic heterocycles. The summed E-state index contributed by atoms with van der Waals surface area (Å²) in [7, 11) is -3.31. The molecule has 2 aliphatic carbocycles. The van der Waals surface area contributed by atoms with Crippen molar-refractivity contribution in [2.24, 2.45) is 0 Å². The van der Waals surface area contributed by atoms with E-state index in [0.29, 0.717) is 43.3 Å². The molecule has 0 radical (unpaired) electrons. The van der Waals surface area contributed by atoms with Crippen molar-refractivity contribution >= 4 is 21.3 Å². The lowest BCUT2D eigenvalue weighted by atomic mass is 10.0. The maximum Gasteiger partial charge on any atom is 0.164 e. The van der Waals surface area contributed by atoms with Crippen molar-refractivity contribution in [3.63, 3.8) is 0 Å². The summed E-state index contributed by atoms with van der Waals surface area (Å²) in [5.74, 6) is 1.34. The summed E-state index contributed by atoms with van der Waals surface area (Å²) in [5, 5.41) is -0.245. The van der Waals surface area contributed by atoms with Gasteiger partial charge in [-0.2, -0.15) is 0 Å². The number of ether oxygens (including phenoxy) is 1. The van der Waals surface area contributed by atoms with Gasteiger partial charge in [-0.25, -0.2) is 18.4 Å². The molecule has 2 aromatic rings. The minimum Gasteiger partial charge on any atom is -0.399 e. The molecule has 1 aromatic carbocycles. The van der Waals surface area contributed by atoms with Crippen molar-refractivity contribution < 1.29 is 13.2 Å². The van der Waals surface area contributed by atoms with Crippen LogP contribution in [0.4, 0.5) is 11.5 Å². The van der Waals surface area contributed by atoms with E-state index >= 15 is 0 Å². The van der Waals surface area contributed by atoms with E-state index in [9.17, 15) is 8.42 Å². The van der Waals surface area contributed by atoms with Gasteiger partial charge in [-0.05, 0) is 49.9 Å². The Hall–Kier alpha value is -2.19. The number of sulfone groups is 1. The quantitative estimate of drug-likeness (QED) is 0.709. The molecule has 166 valence electrons. The zero-order valence-corrected chi connectivity index (χ0v) is 18.6. The molecule has 8 heteroatoms. The van der Waals surface area contributed by atoms with Crippen molar-refractivity contribution in [3.8, 4) is 11.4 Å². The van der Waals surface area contributed by atoms with Crippen LogP contribution in [0, 0.1) is 0 Å². The number of anilines is 2. The van der Waals surface area contributed by atoms with Crippen molar-refractivity contribution in [2.45, 2.75) is 54.9 Å². The van der Waals surface area contributed by atoms with Gasteiger partial charge in [0.2, 0.25) is 0 Å². The first-order valence-electron chi connectivity index (χ1n) is 11.3. The van der Waals surface area contributed by atoms with Crippen molar-refractivity contribution in [3.05, 3.63) is 36.0 Å². The number of nitrogens with zero attached hydrogens (tertiary/aromatic N) is 3. The SMILES string of the molecule is Nc1ccc(-c2nc(N3CCOCC3)cc(C3(S(=O)(=O)C4CCCCC4)CC3)n2)cc1. The molecule has 2 heterocycles. The van der Waals surface area contributed by atoms with Gasteiger partial charge >= 0.3 is 0 Å². The fourth-order valence-electron chi connectivity index (χ4n) is 4.88. The van der Waals surface area contributed by atoms with E-state index in [1.54, 1.807) is 0 Å². The molecule has 31 heavy (non-hydrogen) atoms. The van der Waals surface area contributed by atoms with Crippen LogP contribution in [0.5, 0.6) is 0 Å². The molecule has 3 aliphatic rings. The van der Waals surface area contributed by atoms with Crippen LogP contribution in [0.2, 0.25) is 0 Å². The molecule has 2 saturated carbocycles. The highest BCUT2D eigenvalue weighted by Gasteiger charge is 2.59. The second-order valence-corrected chi connectivity index (χ2v) is 11.5. The summed E-state index contributed by atoms with van der Waals surface area (Å²) in [6.07, 6.45) is 5.97. The Morgan fingerprint density at radius 1 is 1.00 bits per heavy atom. The Bertz CT molecular complexity index is 1040. The minimum absolute atomic E-state index is 0.245. The molecule has 0 atom stereocenters. The van der Waals surface area contributed by atoms with Gasteiger partial charge in [0.05, 0.1) is 24.2 Å². The van der Waals surface area contributed by atoms with Crippen LogP contribution in [0.25, 0.3) is 11.4 Å². The lowest BCUT2D eigenvalue weighted by molar-refractivity contribution is 0.122. The highest BCUT2D eigenvalue weighted by atomic mass is 32.2. The first-order chi connectivity index (χ1) is 15.0. The summed E-state index contributed by atoms with van der Waals surface area (Å²) in [6.45, 7) is 2.75. The molecule has 0 amide bonds. The molecule has 7 nitrogen and oxygen atoms in total. The normalized spacial score (nSPS) is 21.7. The first kappa shape index (κ1) is 20.7. The molecule has 5 rings (SSSR count). The zero-order valence-electron chi connectivity index (χ0n) is 17.8. The predicted molar refractivity (Wildman–Crippen MR) is 122 cm³/mol. The van der Waals surface area contributed by atoms with Gasteiger partial charge < -0.3 is 15.4 Å². The average molecular weight is 443 g/mol. The maximum absolute atomic E-state index is 13.7. The van der Waals surface area contributed by atoms with Crippen molar-refractivity contribution in [1.29, 1.82) is 0 Å². The topological polar surface area (TPSA) is 98.4 Å². The summed E-state index contributed by atoms with van der Waals surface area (Å²) >= 11 is 0. The number of morpholine rings is 1. The zero-order chi connectivity index (χ0) is 21.5. The molecule has 0 unspecified atom stereocenters. The van der Waals surface area contributed by atoms with Gasteiger partial charge in [-0.15, -0.1) is 0 Å². The van der Waals surface area contributed by atoms with Crippen LogP contribution in [-0.2, 0) is 19.3 Å². The summed E-state index contributed by atoms with van der Waals surface area (Å²) in [4.78, 5) is 11.8. The van der Waals surface area contributed by atoms with E-state index in [2.05, 4.69) is 4.90 Å². The Morgan fingerprint density at radius 3 is 2.32 bits per heavy atom. The number of nitrogen functional groups attached to an aromatic ring is 1. The third kappa shape index (κ3) is 3.80. The number of rotatable bonds is 5. The van der Waals surface area contributed by atoms with Gasteiger partial charge in [0.25, 0.3) is 0 Å². The molecule has 0 spiro atoms. The standard InChI is InChI=1S/C23H30N4O3S/c24-18-8-6-17(7-9-18)22-25-20(16-21(26-22)27-12-14-30-15-13-27)23(10-11-23)31(28,29)19-4-2-1-3-5-19/h6-9,16,19H,1-5,10-15,24H2. The van der Waals surface area contributed by atoms with E-state index in [1.165, 1.54) is 0 Å². The van der Waals surface area contributed by atoms with Crippen LogP contribution < -0.4 is 10.6 Å². The number of nitrogens with two attached hydrogens (primary N) is 1. The van der Waals surface area contributed by atoms with E-state index in [4.69, 9.17) is 20.4 Å². The lowest BCUT2D eigenvalue weighted by Crippen LogP contribution is -2.38. The molecular formula is C23H30N4O3S. The van der Waals surface area contributed by atoms with Crippen LogP contribution in [0.3, 0.4) is 0 Å². The van der Waals surface area contributed by atoms with Gasteiger partial charge in [-0.1, -0.05) is 19.3 Å². The van der Waals surface area contributed by atoms with Crippen LogP contribution in [0.15, 0.2) is 30.3 Å². The van der Waals surface area contributed by atoms with E-state index in [1.807, 2.05) is 30.3 Å². The third-order valence-corrected chi connectivity index (χ3v) is 9.98. The Labute approximate surface area is 183 Å². The number of aromatic nitrogens is 2. The Morgan fingerprint density at radius 2 is 1.68 bits per heavy atom. The smallest absolute Gasteiger partial charge is 0.164 e. The maximum atomic E-state index is 13.7. The highest BCUT2D eigenvalue weighted by Crippen LogP contribution is 2.55.